The molecule has 4 aliphatic rings. The highest BCUT2D eigenvalue weighted by molar-refractivity contribution is 6.30. The van der Waals surface area contributed by atoms with Gasteiger partial charge in [0.05, 0.1) is 0 Å². The van der Waals surface area contributed by atoms with Crippen LogP contribution in [0.5, 0.6) is 0 Å². The lowest BCUT2D eigenvalue weighted by Gasteiger charge is -2.33. The molecule has 1 heteroatoms. The molecule has 1 atom stereocenters. The van der Waals surface area contributed by atoms with Crippen LogP contribution in [0.1, 0.15) is 176 Å². The fraction of sp³-hybridized carbons (Fsp3) is 0.414. The summed E-state index contributed by atoms with van der Waals surface area (Å²) in [5, 5.41) is 0.808. The third-order valence-corrected chi connectivity index (χ3v) is 15.5. The number of hydrogen-bond acceptors (Lipinski definition) is 0. The largest absolute Gasteiger partial charge is 0.0843 e. The second kappa shape index (κ2) is 16.0. The molecule has 0 aromatic heterocycles. The van der Waals surface area contributed by atoms with E-state index >= 15 is 0 Å². The van der Waals surface area contributed by atoms with Crippen LogP contribution in [0.3, 0.4) is 0 Å². The summed E-state index contributed by atoms with van der Waals surface area (Å²) in [6.45, 7) is 14.2. The second-order valence-corrected chi connectivity index (χ2v) is 20.1. The molecule has 4 aliphatic carbocycles. The summed E-state index contributed by atoms with van der Waals surface area (Å²) in [6.07, 6.45) is 24.1. The smallest absolute Gasteiger partial charge is 0.0409 e. The minimum Gasteiger partial charge on any atom is -0.0843 e. The number of rotatable bonds is 16. The molecule has 0 aliphatic heterocycles. The zero-order valence-corrected chi connectivity index (χ0v) is 37.5. The molecular weight excluding hydrogens is 732 g/mol. The topological polar surface area (TPSA) is 0 Å². The van der Waals surface area contributed by atoms with Crippen LogP contribution in [0.2, 0.25) is 5.02 Å². The molecule has 5 aromatic rings. The van der Waals surface area contributed by atoms with E-state index in [2.05, 4.69) is 145 Å². The molecule has 0 bridgehead atoms. The number of fused-ring (bicyclic) bond motifs is 9. The molecule has 304 valence electrons. The molecule has 0 fully saturated rings. The van der Waals surface area contributed by atoms with Gasteiger partial charge in [0.1, 0.15) is 0 Å². The first kappa shape index (κ1) is 40.3. The number of hydrogen-bond donors (Lipinski definition) is 0. The lowest BCUT2D eigenvalue weighted by molar-refractivity contribution is 0.390. The molecule has 0 nitrogen and oxygen atoms in total. The van der Waals surface area contributed by atoms with E-state index in [0.717, 1.165) is 5.02 Å². The van der Waals surface area contributed by atoms with E-state index < -0.39 is 0 Å². The zero-order chi connectivity index (χ0) is 40.9. The van der Waals surface area contributed by atoms with E-state index in [1.165, 1.54) is 157 Å². The van der Waals surface area contributed by atoms with E-state index in [1.54, 1.807) is 16.7 Å². The Morgan fingerprint density at radius 2 is 0.932 bits per heavy atom. The van der Waals surface area contributed by atoms with E-state index in [0.29, 0.717) is 5.92 Å². The predicted molar refractivity (Wildman–Crippen MR) is 255 cm³/mol. The lowest BCUT2D eigenvalue weighted by Crippen LogP contribution is -2.26. The Hall–Kier alpha value is -4.13. The minimum atomic E-state index is -0.103. The number of allylic oxidation sites excluding steroid dienone is 4. The van der Waals surface area contributed by atoms with Crippen molar-refractivity contribution in [3.05, 3.63) is 159 Å². The van der Waals surface area contributed by atoms with E-state index in [1.807, 2.05) is 6.07 Å². The van der Waals surface area contributed by atoms with Crippen LogP contribution >= 0.6 is 11.6 Å². The highest BCUT2D eigenvalue weighted by Gasteiger charge is 2.48. The Morgan fingerprint density at radius 3 is 1.49 bits per heavy atom. The number of benzene rings is 5. The molecule has 0 amide bonds. The molecule has 59 heavy (non-hydrogen) atoms. The van der Waals surface area contributed by atoms with Gasteiger partial charge in [-0.3, -0.25) is 0 Å². The monoisotopic (exact) mass is 796 g/mol. The minimum absolute atomic E-state index is 0.0961. The van der Waals surface area contributed by atoms with Crippen LogP contribution < -0.4 is 0 Å². The van der Waals surface area contributed by atoms with Crippen molar-refractivity contribution >= 4 is 17.2 Å². The molecule has 0 radical (unpaired) electrons. The van der Waals surface area contributed by atoms with Gasteiger partial charge >= 0.3 is 0 Å². The van der Waals surface area contributed by atoms with Gasteiger partial charge in [0.2, 0.25) is 0 Å². The van der Waals surface area contributed by atoms with Gasteiger partial charge in [-0.05, 0) is 127 Å². The number of unbranched alkanes of at least 4 members (excludes halogenated alkanes) is 10. The zero-order valence-electron chi connectivity index (χ0n) is 36.7. The fourth-order valence-electron chi connectivity index (χ4n) is 11.9. The Balaban J connectivity index is 1.02. The van der Waals surface area contributed by atoms with Gasteiger partial charge < -0.3 is 0 Å². The highest BCUT2D eigenvalue weighted by Crippen LogP contribution is 2.60. The van der Waals surface area contributed by atoms with Crippen LogP contribution in [-0.2, 0) is 16.2 Å². The molecule has 0 heterocycles. The number of halogens is 1. The SMILES string of the molecule is CCCCCCCCC1(CCCCCCCC)C2=CC(c3ccc4c(c3)C(C)(C)c3cc(-c5ccc6c(c5)C(C)(C)c5cc(Cl)ccc5-6)ccc3-4)=CC2c2ccccc21. The van der Waals surface area contributed by atoms with Gasteiger partial charge in [0, 0.05) is 27.2 Å². The van der Waals surface area contributed by atoms with Gasteiger partial charge in [-0.2, -0.15) is 0 Å². The van der Waals surface area contributed by atoms with Gasteiger partial charge in [-0.1, -0.05) is 209 Å². The van der Waals surface area contributed by atoms with Crippen LogP contribution in [0.15, 0.2) is 115 Å². The summed E-state index contributed by atoms with van der Waals surface area (Å²) in [4.78, 5) is 0. The van der Waals surface area contributed by atoms with Gasteiger partial charge in [-0.15, -0.1) is 0 Å². The highest BCUT2D eigenvalue weighted by atomic mass is 35.5. The first-order chi connectivity index (χ1) is 28.6. The summed E-state index contributed by atoms with van der Waals surface area (Å²) in [5.74, 6) is 0.393. The van der Waals surface area contributed by atoms with Crippen LogP contribution in [-0.4, -0.2) is 0 Å². The summed E-state index contributed by atoms with van der Waals surface area (Å²) in [5.41, 5.74) is 21.2. The summed E-state index contributed by atoms with van der Waals surface area (Å²) in [7, 11) is 0. The van der Waals surface area contributed by atoms with E-state index in [-0.39, 0.29) is 16.2 Å². The Labute approximate surface area is 361 Å². The summed E-state index contributed by atoms with van der Waals surface area (Å²) in [6, 6.07) is 37.6. The van der Waals surface area contributed by atoms with Crippen molar-refractivity contribution in [3.8, 4) is 33.4 Å². The standard InChI is InChI=1S/C58H65Cl/c1-7-9-11-13-15-19-31-58(32-20-16-14-12-10-8-2)50-22-18-17-21-44(50)49-33-42(37-55(49)58)41-25-29-46-45-27-23-39(34-51(45)56(3,4)53(46)36-41)40-24-28-47-48-30-26-43(59)38-54(48)57(5,6)52(47)35-40/h17-18,21-30,33-38,49H,7-16,19-20,31-32H2,1-6H3. The van der Waals surface area contributed by atoms with Gasteiger partial charge in [0.25, 0.3) is 0 Å². The van der Waals surface area contributed by atoms with Crippen molar-refractivity contribution in [1.29, 1.82) is 0 Å². The third-order valence-electron chi connectivity index (χ3n) is 15.3. The summed E-state index contributed by atoms with van der Waals surface area (Å²) >= 11 is 6.50. The van der Waals surface area contributed by atoms with Crippen LogP contribution in [0, 0.1) is 0 Å². The van der Waals surface area contributed by atoms with E-state index in [4.69, 9.17) is 11.6 Å². The predicted octanol–water partition coefficient (Wildman–Crippen LogP) is 17.5. The van der Waals surface area contributed by atoms with Crippen LogP contribution in [0.4, 0.5) is 0 Å². The van der Waals surface area contributed by atoms with Crippen molar-refractivity contribution < 1.29 is 0 Å². The molecule has 0 saturated heterocycles. The molecular formula is C58H65Cl. The third kappa shape index (κ3) is 6.91. The van der Waals surface area contributed by atoms with E-state index in [9.17, 15) is 0 Å². The summed E-state index contributed by atoms with van der Waals surface area (Å²) < 4.78 is 0. The maximum atomic E-state index is 6.50. The quantitative estimate of drug-likeness (QED) is 0.0873. The van der Waals surface area contributed by atoms with Crippen LogP contribution in [0.25, 0.3) is 39.0 Å². The second-order valence-electron chi connectivity index (χ2n) is 19.6. The average Bonchev–Trinajstić information content (AvgIpc) is 3.92. The molecule has 0 N–H and O–H groups in total. The molecule has 0 spiro atoms. The first-order valence-electron chi connectivity index (χ1n) is 23.4. The van der Waals surface area contributed by atoms with Crippen molar-refractivity contribution in [2.75, 3.05) is 0 Å². The Kier molecular flexibility index (Phi) is 11.0. The van der Waals surface area contributed by atoms with Crippen molar-refractivity contribution in [2.24, 2.45) is 0 Å². The molecule has 5 aromatic carbocycles. The maximum Gasteiger partial charge on any atom is 0.0409 e. The van der Waals surface area contributed by atoms with Gasteiger partial charge in [-0.25, -0.2) is 0 Å². The average molecular weight is 798 g/mol. The Bertz CT molecular complexity index is 2430. The first-order valence-corrected chi connectivity index (χ1v) is 23.7. The molecule has 0 saturated carbocycles. The van der Waals surface area contributed by atoms with Gasteiger partial charge in [0.15, 0.2) is 0 Å². The lowest BCUT2D eigenvalue weighted by atomic mass is 9.70. The molecule has 9 rings (SSSR count). The van der Waals surface area contributed by atoms with Crippen molar-refractivity contribution in [2.45, 2.75) is 154 Å². The molecule has 1 unspecified atom stereocenters. The Morgan fingerprint density at radius 1 is 0.475 bits per heavy atom. The maximum absolute atomic E-state index is 6.50. The van der Waals surface area contributed by atoms with Crippen molar-refractivity contribution in [3.63, 3.8) is 0 Å². The fourth-order valence-corrected chi connectivity index (χ4v) is 12.1. The van der Waals surface area contributed by atoms with Crippen molar-refractivity contribution in [1.82, 2.24) is 0 Å². The normalized spacial score (nSPS) is 18.1.